The number of nitrogens with zero attached hydrogens (tertiary/aromatic N) is 4. The van der Waals surface area contributed by atoms with Crippen LogP contribution in [0.3, 0.4) is 0 Å². The smallest absolute Gasteiger partial charge is 0.282 e. The first kappa shape index (κ1) is 16.7. The lowest BCUT2D eigenvalue weighted by atomic mass is 9.93. The van der Waals surface area contributed by atoms with Crippen molar-refractivity contribution < 1.29 is 9.32 Å². The van der Waals surface area contributed by atoms with Crippen LogP contribution in [0.15, 0.2) is 9.90 Å². The van der Waals surface area contributed by atoms with Crippen LogP contribution in [-0.2, 0) is 6.42 Å². The molecule has 0 N–H and O–H groups in total. The summed E-state index contributed by atoms with van der Waals surface area (Å²) in [4.78, 5) is 23.6. The monoisotopic (exact) mass is 360 g/mol. The third-order valence-electron chi connectivity index (χ3n) is 5.08. The Morgan fingerprint density at radius 1 is 1.28 bits per heavy atom. The Hall–Kier alpha value is -1.76. The average molecular weight is 360 g/mol. The quantitative estimate of drug-likeness (QED) is 0.814. The van der Waals surface area contributed by atoms with Crippen molar-refractivity contribution in [3.05, 3.63) is 27.8 Å². The third-order valence-corrected chi connectivity index (χ3v) is 5.93. The number of carbonyl (C=O) groups is 1. The molecule has 134 valence electrons. The predicted octanol–water partition coefficient (Wildman–Crippen LogP) is 3.62. The zero-order chi connectivity index (χ0) is 17.4. The van der Waals surface area contributed by atoms with E-state index in [0.717, 1.165) is 49.8 Å². The highest BCUT2D eigenvalue weighted by Gasteiger charge is 2.31. The van der Waals surface area contributed by atoms with Crippen molar-refractivity contribution in [3.8, 4) is 0 Å². The molecule has 7 heteroatoms. The number of thiazole rings is 1. The summed E-state index contributed by atoms with van der Waals surface area (Å²) in [5.74, 6) is 3.11. The Morgan fingerprint density at radius 3 is 2.68 bits per heavy atom. The molecule has 3 heterocycles. The normalized spacial score (nSPS) is 18.9. The largest absolute Gasteiger partial charge is 0.339 e. The maximum atomic E-state index is 12.6. The minimum Gasteiger partial charge on any atom is -0.339 e. The van der Waals surface area contributed by atoms with Crippen LogP contribution in [0.25, 0.3) is 0 Å². The molecule has 1 saturated carbocycles. The van der Waals surface area contributed by atoms with Crippen LogP contribution < -0.4 is 0 Å². The standard InChI is InChI=1S/C18H24N4O2S/c1-11(2)14-10-25-17(19-14)18(23)22-7-5-12(6-8-22)9-15-20-16(24-21-15)13-3-4-13/h10-13H,3-9H2,1-2H3. The Labute approximate surface area is 151 Å². The molecule has 2 aromatic rings. The van der Waals surface area contributed by atoms with Gasteiger partial charge in [-0.05, 0) is 37.5 Å². The maximum absolute atomic E-state index is 12.6. The van der Waals surface area contributed by atoms with E-state index in [0.29, 0.717) is 22.8 Å². The number of aromatic nitrogens is 3. The molecule has 0 spiro atoms. The molecule has 1 amide bonds. The Kier molecular flexibility index (Phi) is 4.58. The van der Waals surface area contributed by atoms with Gasteiger partial charge >= 0.3 is 0 Å². The number of rotatable bonds is 5. The van der Waals surface area contributed by atoms with Gasteiger partial charge in [0.05, 0.1) is 5.69 Å². The lowest BCUT2D eigenvalue weighted by molar-refractivity contribution is 0.0689. The van der Waals surface area contributed by atoms with Gasteiger partial charge in [-0.1, -0.05) is 19.0 Å². The first-order valence-corrected chi connectivity index (χ1v) is 10.0. The van der Waals surface area contributed by atoms with Crippen LogP contribution in [0.1, 0.15) is 78.6 Å². The molecule has 2 aromatic heterocycles. The first-order valence-electron chi connectivity index (χ1n) is 9.17. The van der Waals surface area contributed by atoms with Gasteiger partial charge in [0.2, 0.25) is 5.89 Å². The third kappa shape index (κ3) is 3.76. The van der Waals surface area contributed by atoms with Crippen LogP contribution in [0.2, 0.25) is 0 Å². The summed E-state index contributed by atoms with van der Waals surface area (Å²) >= 11 is 1.46. The van der Waals surface area contributed by atoms with E-state index in [-0.39, 0.29) is 5.91 Å². The molecule has 0 atom stereocenters. The molecule has 4 rings (SSSR count). The fourth-order valence-electron chi connectivity index (χ4n) is 3.23. The van der Waals surface area contributed by atoms with E-state index in [1.807, 2.05) is 10.3 Å². The Balaban J connectivity index is 1.30. The second kappa shape index (κ2) is 6.86. The lowest BCUT2D eigenvalue weighted by Crippen LogP contribution is -2.39. The number of likely N-dealkylation sites (tertiary alicyclic amines) is 1. The highest BCUT2D eigenvalue weighted by molar-refractivity contribution is 7.11. The summed E-state index contributed by atoms with van der Waals surface area (Å²) in [5.41, 5.74) is 1.01. The van der Waals surface area contributed by atoms with Crippen LogP contribution in [0.5, 0.6) is 0 Å². The van der Waals surface area contributed by atoms with Crippen LogP contribution in [0, 0.1) is 5.92 Å². The van der Waals surface area contributed by atoms with Gasteiger partial charge in [0.15, 0.2) is 10.8 Å². The zero-order valence-electron chi connectivity index (χ0n) is 14.8. The van der Waals surface area contributed by atoms with Crippen molar-refractivity contribution in [1.29, 1.82) is 0 Å². The number of piperidine rings is 1. The number of carbonyl (C=O) groups excluding carboxylic acids is 1. The van der Waals surface area contributed by atoms with Crippen molar-refractivity contribution >= 4 is 17.2 Å². The zero-order valence-corrected chi connectivity index (χ0v) is 15.6. The Morgan fingerprint density at radius 2 is 2.04 bits per heavy atom. The Bertz CT molecular complexity index is 742. The van der Waals surface area contributed by atoms with Gasteiger partial charge in [0.1, 0.15) is 0 Å². The van der Waals surface area contributed by atoms with Gasteiger partial charge in [-0.3, -0.25) is 4.79 Å². The van der Waals surface area contributed by atoms with Crippen LogP contribution >= 0.6 is 11.3 Å². The minimum atomic E-state index is 0.0749. The summed E-state index contributed by atoms with van der Waals surface area (Å²) in [7, 11) is 0. The number of hydrogen-bond donors (Lipinski definition) is 0. The van der Waals surface area contributed by atoms with E-state index in [9.17, 15) is 4.79 Å². The van der Waals surface area contributed by atoms with E-state index in [4.69, 9.17) is 4.52 Å². The van der Waals surface area contributed by atoms with Gasteiger partial charge in [-0.15, -0.1) is 11.3 Å². The molecule has 2 fully saturated rings. The lowest BCUT2D eigenvalue weighted by Gasteiger charge is -2.30. The molecule has 25 heavy (non-hydrogen) atoms. The van der Waals surface area contributed by atoms with Gasteiger partial charge in [0, 0.05) is 30.8 Å². The molecule has 0 radical (unpaired) electrons. The first-order chi connectivity index (χ1) is 12.1. The molecule has 1 aliphatic carbocycles. The van der Waals surface area contributed by atoms with E-state index in [2.05, 4.69) is 29.0 Å². The fraction of sp³-hybridized carbons (Fsp3) is 0.667. The number of hydrogen-bond acceptors (Lipinski definition) is 6. The molecule has 1 saturated heterocycles. The van der Waals surface area contributed by atoms with E-state index in [1.165, 1.54) is 24.2 Å². The summed E-state index contributed by atoms with van der Waals surface area (Å²) in [6.07, 6.45) is 5.19. The van der Waals surface area contributed by atoms with Gasteiger partial charge in [0.25, 0.3) is 5.91 Å². The summed E-state index contributed by atoms with van der Waals surface area (Å²) in [5, 5.41) is 6.74. The van der Waals surface area contributed by atoms with Crippen molar-refractivity contribution in [2.24, 2.45) is 5.92 Å². The highest BCUT2D eigenvalue weighted by Crippen LogP contribution is 2.39. The topological polar surface area (TPSA) is 72.1 Å². The maximum Gasteiger partial charge on any atom is 0.282 e. The molecule has 1 aliphatic heterocycles. The summed E-state index contributed by atoms with van der Waals surface area (Å²) in [6, 6.07) is 0. The summed E-state index contributed by atoms with van der Waals surface area (Å²) < 4.78 is 5.34. The van der Waals surface area contributed by atoms with E-state index >= 15 is 0 Å². The number of amides is 1. The van der Waals surface area contributed by atoms with Gasteiger partial charge < -0.3 is 9.42 Å². The molecular formula is C18H24N4O2S. The molecule has 2 aliphatic rings. The fourth-order valence-corrected chi connectivity index (χ4v) is 4.17. The minimum absolute atomic E-state index is 0.0749. The molecule has 0 aromatic carbocycles. The highest BCUT2D eigenvalue weighted by atomic mass is 32.1. The molecule has 6 nitrogen and oxygen atoms in total. The molecule has 0 unspecified atom stereocenters. The second-order valence-electron chi connectivity index (χ2n) is 7.50. The van der Waals surface area contributed by atoms with Crippen LogP contribution in [0.4, 0.5) is 0 Å². The second-order valence-corrected chi connectivity index (χ2v) is 8.35. The van der Waals surface area contributed by atoms with Gasteiger partial charge in [-0.25, -0.2) is 4.98 Å². The van der Waals surface area contributed by atoms with E-state index < -0.39 is 0 Å². The average Bonchev–Trinajstić information content (AvgIpc) is 3.15. The van der Waals surface area contributed by atoms with Crippen LogP contribution in [-0.4, -0.2) is 39.0 Å². The predicted molar refractivity (Wildman–Crippen MR) is 94.8 cm³/mol. The van der Waals surface area contributed by atoms with Gasteiger partial charge in [-0.2, -0.15) is 4.98 Å². The van der Waals surface area contributed by atoms with Crippen molar-refractivity contribution in [2.75, 3.05) is 13.1 Å². The van der Waals surface area contributed by atoms with Crippen molar-refractivity contribution in [2.45, 2.75) is 57.8 Å². The molecule has 0 bridgehead atoms. The SMILES string of the molecule is CC(C)c1csc(C(=O)N2CCC(Cc3noc(C4CC4)n3)CC2)n1. The molecular weight excluding hydrogens is 336 g/mol. The van der Waals surface area contributed by atoms with Crippen molar-refractivity contribution in [1.82, 2.24) is 20.0 Å². The summed E-state index contributed by atoms with van der Waals surface area (Å²) in [6.45, 7) is 5.77. The van der Waals surface area contributed by atoms with Crippen molar-refractivity contribution in [3.63, 3.8) is 0 Å². The van der Waals surface area contributed by atoms with E-state index in [1.54, 1.807) is 0 Å².